The van der Waals surface area contributed by atoms with Crippen LogP contribution in [0.4, 0.5) is 5.69 Å². The number of nitrogens with two attached hydrogens (primary N) is 2. The Kier molecular flexibility index (Phi) is 5.50. The van der Waals surface area contributed by atoms with E-state index in [1.807, 2.05) is 20.0 Å². The van der Waals surface area contributed by atoms with Crippen LogP contribution in [-0.4, -0.2) is 63.0 Å². The van der Waals surface area contributed by atoms with Gasteiger partial charge in [0.25, 0.3) is 0 Å². The van der Waals surface area contributed by atoms with Crippen LogP contribution < -0.4 is 15.4 Å². The summed E-state index contributed by atoms with van der Waals surface area (Å²) in [7, 11) is -2.13. The lowest BCUT2D eigenvalue weighted by Crippen LogP contribution is -2.51. The first-order chi connectivity index (χ1) is 15.0. The molecule has 0 radical (unpaired) electrons. The van der Waals surface area contributed by atoms with Gasteiger partial charge in [0.05, 0.1) is 43.5 Å². The van der Waals surface area contributed by atoms with Crippen molar-refractivity contribution in [3.8, 4) is 0 Å². The summed E-state index contributed by atoms with van der Waals surface area (Å²) in [5.74, 6) is 0.440. The van der Waals surface area contributed by atoms with Crippen molar-refractivity contribution in [2.24, 2.45) is 21.3 Å². The third-order valence-electron chi connectivity index (χ3n) is 6.40. The van der Waals surface area contributed by atoms with Gasteiger partial charge in [-0.2, -0.15) is 5.10 Å². The number of aryl methyl sites for hydroxylation is 1. The molecule has 10 nitrogen and oxygen atoms in total. The van der Waals surface area contributed by atoms with Crippen LogP contribution in [-0.2, 0) is 21.2 Å². The molecule has 4 rings (SSSR count). The number of aromatic amines is 1. The highest BCUT2D eigenvalue weighted by Gasteiger charge is 2.42. The number of ether oxygens (including phenoxy) is 1. The Hall–Kier alpha value is -2.57. The number of amidine groups is 1. The van der Waals surface area contributed by atoms with Crippen LogP contribution in [0.3, 0.4) is 0 Å². The van der Waals surface area contributed by atoms with Gasteiger partial charge in [-0.25, -0.2) is 18.5 Å². The van der Waals surface area contributed by atoms with Crippen molar-refractivity contribution in [1.29, 1.82) is 0 Å². The third kappa shape index (κ3) is 3.76. The maximum atomic E-state index is 12.7. The van der Waals surface area contributed by atoms with Gasteiger partial charge in [-0.3, -0.25) is 9.58 Å². The highest BCUT2D eigenvalue weighted by molar-refractivity contribution is 7.89. The minimum Gasteiger partial charge on any atom is -0.396 e. The Morgan fingerprint density at radius 2 is 2.03 bits per heavy atom. The summed E-state index contributed by atoms with van der Waals surface area (Å²) in [5, 5.41) is 22.4. The summed E-state index contributed by atoms with van der Waals surface area (Å²) in [6.45, 7) is 4.91. The van der Waals surface area contributed by atoms with Gasteiger partial charge in [0.15, 0.2) is 17.2 Å². The molecular formula is C21H29N6O4S+. The highest BCUT2D eigenvalue weighted by atomic mass is 32.2. The first kappa shape index (κ1) is 22.6. The molecule has 0 aliphatic carbocycles. The Balaban J connectivity index is 1.94. The number of quaternary nitrogens is 1. The number of aromatic nitrogens is 2. The fraction of sp³-hybridized carbons (Fsp3) is 0.429. The average molecular weight is 462 g/mol. The standard InChI is InChI=1S/C21H29N6O4S/c1-13-4-17(18(32(23,29)30)5-15(13)6-21(10-28)11-31-12-21)20-14(2)26-19(22)9-27(20,3)16-7-24-25-8-16/h4-5,7-8,28H,6,9-12H2,1-3H3,(H2,22,26)(H,24,25)(H2,23,29,30)/q+1. The fourth-order valence-corrected chi connectivity index (χ4v) is 5.41. The summed E-state index contributed by atoms with van der Waals surface area (Å²) in [6.07, 6.45) is 3.94. The summed E-state index contributed by atoms with van der Waals surface area (Å²) in [6, 6.07) is 3.46. The van der Waals surface area contributed by atoms with Gasteiger partial charge >= 0.3 is 0 Å². The van der Waals surface area contributed by atoms with Crippen molar-refractivity contribution in [3.05, 3.63) is 46.9 Å². The minimum atomic E-state index is -4.07. The highest BCUT2D eigenvalue weighted by Crippen LogP contribution is 2.41. The second kappa shape index (κ2) is 7.78. The normalized spacial score (nSPS) is 23.1. The number of aliphatic hydroxyl groups is 1. The lowest BCUT2D eigenvalue weighted by Gasteiger charge is -2.40. The van der Waals surface area contributed by atoms with E-state index in [0.717, 1.165) is 16.8 Å². The molecule has 2 aromatic rings. The van der Waals surface area contributed by atoms with Crippen molar-refractivity contribution in [1.82, 2.24) is 14.7 Å². The molecule has 6 N–H and O–H groups in total. The number of likely N-dealkylation sites (N-methyl/N-ethyl adjacent to an activating group) is 1. The van der Waals surface area contributed by atoms with Crippen LogP contribution >= 0.6 is 0 Å². The number of aliphatic imine (C=N–C) groups is 1. The molecule has 2 aliphatic heterocycles. The minimum absolute atomic E-state index is 0.0179. The van der Waals surface area contributed by atoms with Gasteiger partial charge in [-0.05, 0) is 43.5 Å². The Bertz CT molecular complexity index is 1210. The van der Waals surface area contributed by atoms with Crippen molar-refractivity contribution < 1.29 is 18.3 Å². The van der Waals surface area contributed by atoms with Crippen molar-refractivity contribution in [2.75, 3.05) is 33.4 Å². The van der Waals surface area contributed by atoms with E-state index in [1.54, 1.807) is 25.4 Å². The smallest absolute Gasteiger partial charge is 0.238 e. The van der Waals surface area contributed by atoms with Crippen molar-refractivity contribution in [3.63, 3.8) is 0 Å². The molecule has 1 aromatic carbocycles. The fourth-order valence-electron chi connectivity index (χ4n) is 4.64. The Labute approximate surface area is 187 Å². The van der Waals surface area contributed by atoms with Gasteiger partial charge < -0.3 is 15.6 Å². The number of nitrogens with zero attached hydrogens (tertiary/aromatic N) is 3. The average Bonchev–Trinajstić information content (AvgIpc) is 3.20. The number of benzene rings is 1. The van der Waals surface area contributed by atoms with Gasteiger partial charge in [0, 0.05) is 5.41 Å². The summed E-state index contributed by atoms with van der Waals surface area (Å²) in [5.41, 5.74) is 10.0. The van der Waals surface area contributed by atoms with E-state index in [2.05, 4.69) is 15.2 Å². The summed E-state index contributed by atoms with van der Waals surface area (Å²) >= 11 is 0. The lowest BCUT2D eigenvalue weighted by atomic mass is 9.79. The molecule has 3 heterocycles. The van der Waals surface area contributed by atoms with Gasteiger partial charge in [0.2, 0.25) is 10.0 Å². The monoisotopic (exact) mass is 461 g/mol. The number of allylic oxidation sites excluding steroid dienone is 1. The molecule has 0 saturated carbocycles. The van der Waals surface area contributed by atoms with Crippen LogP contribution in [0.15, 0.2) is 40.1 Å². The molecule has 172 valence electrons. The van der Waals surface area contributed by atoms with Crippen molar-refractivity contribution >= 4 is 27.2 Å². The maximum Gasteiger partial charge on any atom is 0.238 e. The number of aliphatic hydroxyl groups excluding tert-OH is 1. The molecule has 2 aliphatic rings. The molecule has 1 saturated heterocycles. The van der Waals surface area contributed by atoms with Crippen LogP contribution in [0.2, 0.25) is 0 Å². The predicted molar refractivity (Wildman–Crippen MR) is 122 cm³/mol. The molecule has 0 amide bonds. The number of hydrogen-bond donors (Lipinski definition) is 4. The third-order valence-corrected chi connectivity index (χ3v) is 7.35. The molecular weight excluding hydrogens is 432 g/mol. The predicted octanol–water partition coefficient (Wildman–Crippen LogP) is 0.614. The second-order valence-corrected chi connectivity index (χ2v) is 10.5. The number of primary sulfonamides is 1. The molecule has 1 unspecified atom stereocenters. The number of H-pyrrole nitrogens is 1. The molecule has 32 heavy (non-hydrogen) atoms. The van der Waals surface area contributed by atoms with Gasteiger partial charge in [-0.1, -0.05) is 0 Å². The van der Waals surface area contributed by atoms with Crippen molar-refractivity contribution in [2.45, 2.75) is 25.2 Å². The topological polar surface area (TPSA) is 157 Å². The van der Waals surface area contributed by atoms with Gasteiger partial charge in [0.1, 0.15) is 18.4 Å². The molecule has 11 heteroatoms. The summed E-state index contributed by atoms with van der Waals surface area (Å²) in [4.78, 5) is 4.48. The Morgan fingerprint density at radius 1 is 1.31 bits per heavy atom. The number of rotatable bonds is 6. The van der Waals surface area contributed by atoms with Gasteiger partial charge in [-0.15, -0.1) is 0 Å². The number of nitrogens with one attached hydrogen (secondary N) is 1. The van der Waals surface area contributed by atoms with E-state index >= 15 is 0 Å². The molecule has 0 bridgehead atoms. The lowest BCUT2D eigenvalue weighted by molar-refractivity contribution is -0.136. The van der Waals surface area contributed by atoms with E-state index in [0.29, 0.717) is 49.0 Å². The largest absolute Gasteiger partial charge is 0.396 e. The molecule has 1 aromatic heterocycles. The van der Waals surface area contributed by atoms with Crippen LogP contribution in [0.1, 0.15) is 23.6 Å². The van der Waals surface area contributed by atoms with E-state index in [1.165, 1.54) is 0 Å². The SMILES string of the molecule is CC1=C(c2cc(C)c(CC3(CO)COC3)cc2S(N)(=O)=O)[N+](C)(c2cn[nH]c2)CC(N)=N1. The number of hydrogen-bond acceptors (Lipinski definition) is 7. The number of sulfonamides is 1. The maximum absolute atomic E-state index is 12.7. The Morgan fingerprint density at radius 3 is 2.56 bits per heavy atom. The van der Waals surface area contributed by atoms with E-state index in [4.69, 9.17) is 15.6 Å². The first-order valence-electron chi connectivity index (χ1n) is 10.2. The molecule has 1 fully saturated rings. The quantitative estimate of drug-likeness (QED) is 0.462. The second-order valence-electron chi connectivity index (χ2n) is 8.99. The molecule has 1 atom stereocenters. The summed E-state index contributed by atoms with van der Waals surface area (Å²) < 4.78 is 31.0. The van der Waals surface area contributed by atoms with E-state index in [9.17, 15) is 13.5 Å². The first-order valence-corrected chi connectivity index (χ1v) is 11.8. The van der Waals surface area contributed by atoms with E-state index in [-0.39, 0.29) is 16.0 Å². The zero-order valence-electron chi connectivity index (χ0n) is 18.4. The molecule has 0 spiro atoms. The van der Waals surface area contributed by atoms with Crippen LogP contribution in [0.25, 0.3) is 5.70 Å². The zero-order chi connectivity index (χ0) is 23.3. The van der Waals surface area contributed by atoms with Crippen LogP contribution in [0.5, 0.6) is 0 Å². The zero-order valence-corrected chi connectivity index (χ0v) is 19.2. The van der Waals surface area contributed by atoms with Crippen LogP contribution in [0, 0.1) is 12.3 Å². The van der Waals surface area contributed by atoms with E-state index < -0.39 is 15.4 Å².